The van der Waals surface area contributed by atoms with Crippen molar-refractivity contribution < 1.29 is 22.7 Å². The second kappa shape index (κ2) is 6.13. The molecule has 1 saturated carbocycles. The van der Waals surface area contributed by atoms with Gasteiger partial charge in [-0.2, -0.15) is 0 Å². The summed E-state index contributed by atoms with van der Waals surface area (Å²) in [5.74, 6) is -4.27. The van der Waals surface area contributed by atoms with E-state index in [4.69, 9.17) is 22.1 Å². The summed E-state index contributed by atoms with van der Waals surface area (Å²) in [7, 11) is 0. The molecule has 0 saturated heterocycles. The van der Waals surface area contributed by atoms with Crippen LogP contribution in [0.4, 0.5) is 13.2 Å². The van der Waals surface area contributed by atoms with Gasteiger partial charge in [0.1, 0.15) is 11.6 Å². The molecule has 1 aliphatic carbocycles. The number of carbonyl (C=O) groups excluding carboxylic acids is 1. The largest absolute Gasteiger partial charge is 0.492 e. The lowest BCUT2D eigenvalue weighted by atomic mass is 9.87. The van der Waals surface area contributed by atoms with Crippen LogP contribution in [0.25, 0.3) is 0 Å². The van der Waals surface area contributed by atoms with E-state index in [0.29, 0.717) is 12.8 Å². The Morgan fingerprint density at radius 3 is 2.57 bits per heavy atom. The molecule has 21 heavy (non-hydrogen) atoms. The molecule has 116 valence electrons. The maximum Gasteiger partial charge on any atom is 0.251 e. The standard InChI is InChI=1S/C14H15ClF3NO2/c15-10-5-9(13(19)20)11(16)6-12(10)21-7-8-1-3-14(17,18)4-2-8/h5-6,8H,1-4,7H2,(H2,19,20). The van der Waals surface area contributed by atoms with Crippen molar-refractivity contribution in [3.63, 3.8) is 0 Å². The average molecular weight is 322 g/mol. The third-order valence-corrected chi connectivity index (χ3v) is 3.89. The maximum absolute atomic E-state index is 13.6. The number of rotatable bonds is 4. The lowest BCUT2D eigenvalue weighted by Crippen LogP contribution is -2.27. The van der Waals surface area contributed by atoms with Gasteiger partial charge in [0, 0.05) is 18.9 Å². The first kappa shape index (κ1) is 15.9. The third-order valence-electron chi connectivity index (χ3n) is 3.60. The molecule has 0 atom stereocenters. The van der Waals surface area contributed by atoms with Gasteiger partial charge < -0.3 is 10.5 Å². The number of amides is 1. The number of halogens is 4. The van der Waals surface area contributed by atoms with Gasteiger partial charge in [0.2, 0.25) is 5.92 Å². The van der Waals surface area contributed by atoms with Crippen molar-refractivity contribution in [1.82, 2.24) is 0 Å². The number of nitrogens with two attached hydrogens (primary N) is 1. The second-order valence-corrected chi connectivity index (χ2v) is 5.64. The minimum absolute atomic E-state index is 0.0143. The van der Waals surface area contributed by atoms with Gasteiger partial charge in [0.15, 0.2) is 0 Å². The van der Waals surface area contributed by atoms with Crippen LogP contribution >= 0.6 is 11.6 Å². The highest BCUT2D eigenvalue weighted by atomic mass is 35.5. The van der Waals surface area contributed by atoms with Gasteiger partial charge in [-0.3, -0.25) is 4.79 Å². The van der Waals surface area contributed by atoms with Gasteiger partial charge in [-0.15, -0.1) is 0 Å². The van der Waals surface area contributed by atoms with Crippen LogP contribution in [0.1, 0.15) is 36.0 Å². The predicted octanol–water partition coefficient (Wildman–Crippen LogP) is 3.78. The monoisotopic (exact) mass is 321 g/mol. The predicted molar refractivity (Wildman–Crippen MR) is 72.3 cm³/mol. The molecule has 1 aliphatic rings. The van der Waals surface area contributed by atoms with E-state index in [1.807, 2.05) is 0 Å². The summed E-state index contributed by atoms with van der Waals surface area (Å²) in [4.78, 5) is 11.0. The van der Waals surface area contributed by atoms with Crippen molar-refractivity contribution in [1.29, 1.82) is 0 Å². The van der Waals surface area contributed by atoms with Gasteiger partial charge >= 0.3 is 0 Å². The van der Waals surface area contributed by atoms with E-state index in [2.05, 4.69) is 0 Å². The zero-order valence-corrected chi connectivity index (χ0v) is 11.9. The normalized spacial score (nSPS) is 18.5. The van der Waals surface area contributed by atoms with Crippen molar-refractivity contribution in [2.24, 2.45) is 11.7 Å². The van der Waals surface area contributed by atoms with Crippen LogP contribution in [0.2, 0.25) is 5.02 Å². The van der Waals surface area contributed by atoms with E-state index >= 15 is 0 Å². The Bertz CT molecular complexity index is 541. The van der Waals surface area contributed by atoms with Crippen molar-refractivity contribution in [2.75, 3.05) is 6.61 Å². The number of hydrogen-bond donors (Lipinski definition) is 1. The smallest absolute Gasteiger partial charge is 0.251 e. The maximum atomic E-state index is 13.6. The summed E-state index contributed by atoms with van der Waals surface area (Å²) in [6.45, 7) is 0.186. The summed E-state index contributed by atoms with van der Waals surface area (Å²) in [5, 5.41) is 0.0614. The van der Waals surface area contributed by atoms with Gasteiger partial charge in [0.25, 0.3) is 5.91 Å². The fraction of sp³-hybridized carbons (Fsp3) is 0.500. The molecule has 0 spiro atoms. The minimum Gasteiger partial charge on any atom is -0.492 e. The first-order valence-electron chi connectivity index (χ1n) is 6.58. The number of primary amides is 1. The van der Waals surface area contributed by atoms with Crippen molar-refractivity contribution in [3.05, 3.63) is 28.5 Å². The fourth-order valence-electron chi connectivity index (χ4n) is 2.30. The topological polar surface area (TPSA) is 52.3 Å². The van der Waals surface area contributed by atoms with Crippen LogP contribution in [-0.4, -0.2) is 18.4 Å². The molecular formula is C14H15ClF3NO2. The molecule has 1 aromatic carbocycles. The van der Waals surface area contributed by atoms with Crippen molar-refractivity contribution in [2.45, 2.75) is 31.6 Å². The number of alkyl halides is 2. The van der Waals surface area contributed by atoms with Crippen LogP contribution < -0.4 is 10.5 Å². The number of carbonyl (C=O) groups is 1. The Morgan fingerprint density at radius 2 is 2.00 bits per heavy atom. The van der Waals surface area contributed by atoms with E-state index < -0.39 is 17.6 Å². The molecule has 0 bridgehead atoms. The molecule has 2 N–H and O–H groups in total. The third kappa shape index (κ3) is 4.03. The summed E-state index contributed by atoms with van der Waals surface area (Å²) in [5.41, 5.74) is 4.69. The molecule has 2 rings (SSSR count). The summed E-state index contributed by atoms with van der Waals surface area (Å²) >= 11 is 5.89. The van der Waals surface area contributed by atoms with Gasteiger partial charge in [-0.1, -0.05) is 11.6 Å². The van der Waals surface area contributed by atoms with Gasteiger partial charge in [-0.05, 0) is 24.8 Å². The molecule has 1 amide bonds. The van der Waals surface area contributed by atoms with Crippen molar-refractivity contribution >= 4 is 17.5 Å². The van der Waals surface area contributed by atoms with Crippen LogP contribution in [-0.2, 0) is 0 Å². The first-order valence-corrected chi connectivity index (χ1v) is 6.96. The molecule has 1 aromatic rings. The highest BCUT2D eigenvalue weighted by Gasteiger charge is 2.35. The van der Waals surface area contributed by atoms with Crippen LogP contribution in [0.15, 0.2) is 12.1 Å². The molecule has 1 fully saturated rings. The van der Waals surface area contributed by atoms with Crippen molar-refractivity contribution in [3.8, 4) is 5.75 Å². The second-order valence-electron chi connectivity index (χ2n) is 5.24. The molecule has 0 aliphatic heterocycles. The minimum atomic E-state index is -2.59. The summed E-state index contributed by atoms with van der Waals surface area (Å²) in [6, 6.07) is 2.09. The van der Waals surface area contributed by atoms with Crippen LogP contribution in [0.3, 0.4) is 0 Å². The fourth-order valence-corrected chi connectivity index (χ4v) is 2.52. The van der Waals surface area contributed by atoms with E-state index in [0.717, 1.165) is 12.1 Å². The highest BCUT2D eigenvalue weighted by molar-refractivity contribution is 6.32. The van der Waals surface area contributed by atoms with E-state index in [-0.39, 0.29) is 41.7 Å². The SMILES string of the molecule is NC(=O)c1cc(Cl)c(OCC2CCC(F)(F)CC2)cc1F. The molecule has 7 heteroatoms. The van der Waals surface area contributed by atoms with Crippen LogP contribution in [0.5, 0.6) is 5.75 Å². The average Bonchev–Trinajstić information content (AvgIpc) is 2.40. The molecule has 0 heterocycles. The lowest BCUT2D eigenvalue weighted by Gasteiger charge is -2.28. The lowest BCUT2D eigenvalue weighted by molar-refractivity contribution is -0.0498. The Labute approximate surface area is 125 Å². The zero-order valence-electron chi connectivity index (χ0n) is 11.2. The summed E-state index contributed by atoms with van der Waals surface area (Å²) in [6.07, 6.45) is 0.381. The Balaban J connectivity index is 1.98. The number of ether oxygens (including phenoxy) is 1. The van der Waals surface area contributed by atoms with E-state index in [1.165, 1.54) is 0 Å². The molecule has 0 radical (unpaired) electrons. The molecular weight excluding hydrogens is 307 g/mol. The molecule has 3 nitrogen and oxygen atoms in total. The Hall–Kier alpha value is -1.43. The molecule has 0 unspecified atom stereocenters. The number of benzene rings is 1. The first-order chi connectivity index (χ1) is 9.78. The Morgan fingerprint density at radius 1 is 1.38 bits per heavy atom. The van der Waals surface area contributed by atoms with Gasteiger partial charge in [-0.25, -0.2) is 13.2 Å². The van der Waals surface area contributed by atoms with E-state index in [1.54, 1.807) is 0 Å². The highest BCUT2D eigenvalue weighted by Crippen LogP contribution is 2.37. The number of hydrogen-bond acceptors (Lipinski definition) is 2. The van der Waals surface area contributed by atoms with Crippen LogP contribution in [0, 0.1) is 11.7 Å². The summed E-state index contributed by atoms with van der Waals surface area (Å²) < 4.78 is 45.0. The quantitative estimate of drug-likeness (QED) is 0.917. The van der Waals surface area contributed by atoms with Gasteiger partial charge in [0.05, 0.1) is 17.2 Å². The van der Waals surface area contributed by atoms with E-state index in [9.17, 15) is 18.0 Å². The molecule has 0 aromatic heterocycles. The zero-order chi connectivity index (χ0) is 15.6. The Kier molecular flexibility index (Phi) is 4.66.